The second kappa shape index (κ2) is 12.8. The minimum atomic E-state index is 0.246. The van der Waals surface area contributed by atoms with Crippen molar-refractivity contribution in [2.75, 3.05) is 9.80 Å². The highest BCUT2D eigenvalue weighted by Crippen LogP contribution is 2.66. The Morgan fingerprint density at radius 2 is 0.577 bits per heavy atom. The van der Waals surface area contributed by atoms with Gasteiger partial charge in [-0.1, -0.05) is 95.1 Å². The molecule has 260 valence electrons. The number of hydrogen-bond donors (Lipinski definition) is 0. The number of rotatable bonds is 8. The Morgan fingerprint density at radius 1 is 0.346 bits per heavy atom. The van der Waals surface area contributed by atoms with E-state index in [1.54, 1.807) is 11.1 Å². The molecule has 52 heavy (non-hydrogen) atoms. The topological polar surface area (TPSA) is 6.48 Å². The third-order valence-electron chi connectivity index (χ3n) is 12.7. The molecule has 4 saturated carbocycles. The van der Waals surface area contributed by atoms with E-state index in [1.807, 2.05) is 0 Å². The lowest BCUT2D eigenvalue weighted by molar-refractivity contribution is -0.0281. The zero-order valence-corrected chi connectivity index (χ0v) is 31.1. The van der Waals surface area contributed by atoms with E-state index < -0.39 is 0 Å². The van der Waals surface area contributed by atoms with Gasteiger partial charge in [-0.15, -0.1) is 0 Å². The van der Waals surface area contributed by atoms with Crippen molar-refractivity contribution in [1.29, 1.82) is 0 Å². The van der Waals surface area contributed by atoms with Crippen LogP contribution < -0.4 is 9.80 Å². The zero-order valence-electron chi connectivity index (χ0n) is 31.1. The van der Waals surface area contributed by atoms with Crippen LogP contribution in [-0.2, 0) is 10.8 Å². The van der Waals surface area contributed by atoms with Crippen LogP contribution in [0.5, 0.6) is 0 Å². The first-order valence-corrected chi connectivity index (χ1v) is 19.3. The highest BCUT2D eigenvalue weighted by molar-refractivity contribution is 5.78. The average Bonchev–Trinajstić information content (AvgIpc) is 3.15. The normalized spacial score (nSPS) is 23.1. The molecule has 0 aromatic heterocycles. The van der Waals surface area contributed by atoms with Crippen molar-refractivity contribution in [3.8, 4) is 0 Å². The third kappa shape index (κ3) is 5.93. The summed E-state index contributed by atoms with van der Waals surface area (Å²) in [6.07, 6.45) is 7.98. The number of anilines is 6. The van der Waals surface area contributed by atoms with Gasteiger partial charge in [0.15, 0.2) is 0 Å². The van der Waals surface area contributed by atoms with Crippen molar-refractivity contribution >= 4 is 34.1 Å². The summed E-state index contributed by atoms with van der Waals surface area (Å²) in [5.41, 5.74) is 15.9. The number of benzene rings is 6. The average molecular weight is 679 g/mol. The van der Waals surface area contributed by atoms with Gasteiger partial charge in [0.05, 0.1) is 0 Å². The smallest absolute Gasteiger partial charge is 0.0461 e. The van der Waals surface area contributed by atoms with Crippen LogP contribution in [-0.4, -0.2) is 0 Å². The molecule has 0 radical (unpaired) electrons. The molecule has 0 heterocycles. The number of hydrogen-bond acceptors (Lipinski definition) is 2. The first-order chi connectivity index (χ1) is 25.3. The lowest BCUT2D eigenvalue weighted by Crippen LogP contribution is -2.55. The van der Waals surface area contributed by atoms with E-state index in [4.69, 9.17) is 0 Å². The monoisotopic (exact) mass is 678 g/mol. The molecule has 0 saturated heterocycles. The summed E-state index contributed by atoms with van der Waals surface area (Å²) in [4.78, 5) is 4.81. The maximum absolute atomic E-state index is 2.48. The molecule has 6 aromatic rings. The Labute approximate surface area is 310 Å². The summed E-state index contributed by atoms with van der Waals surface area (Å²) in [6.45, 7) is 8.64. The number of aryl methyl sites for hydroxylation is 4. The van der Waals surface area contributed by atoms with E-state index in [0.29, 0.717) is 0 Å². The minimum absolute atomic E-state index is 0.246. The van der Waals surface area contributed by atoms with Crippen molar-refractivity contribution in [2.24, 2.45) is 11.8 Å². The fraction of sp³-hybridized carbons (Fsp3) is 0.280. The molecule has 2 heteroatoms. The van der Waals surface area contributed by atoms with E-state index in [9.17, 15) is 0 Å². The largest absolute Gasteiger partial charge is 0.311 e. The van der Waals surface area contributed by atoms with Gasteiger partial charge in [-0.05, 0) is 173 Å². The van der Waals surface area contributed by atoms with Gasteiger partial charge in [0, 0.05) is 34.1 Å². The van der Waals surface area contributed by atoms with E-state index >= 15 is 0 Å². The van der Waals surface area contributed by atoms with Crippen molar-refractivity contribution in [3.63, 3.8) is 0 Å². The van der Waals surface area contributed by atoms with Gasteiger partial charge in [0.1, 0.15) is 0 Å². The second-order valence-electron chi connectivity index (χ2n) is 16.6. The van der Waals surface area contributed by atoms with E-state index in [0.717, 1.165) is 11.8 Å². The van der Waals surface area contributed by atoms with Crippen molar-refractivity contribution < 1.29 is 0 Å². The highest BCUT2D eigenvalue weighted by atomic mass is 15.1. The van der Waals surface area contributed by atoms with Gasteiger partial charge < -0.3 is 9.80 Å². The van der Waals surface area contributed by atoms with E-state index in [-0.39, 0.29) is 10.8 Å². The summed E-state index contributed by atoms with van der Waals surface area (Å²) in [5, 5.41) is 0. The SMILES string of the molecule is Cc1ccc(N(c2ccc(C)cc2)c2ccc(C34CC5CC(C3)CC(c3ccc(N(c6ccc(C)cc6)c6ccc(C)cc6)cc3)(C5)C4)cc2)cc1. The first-order valence-electron chi connectivity index (χ1n) is 19.3. The molecule has 0 amide bonds. The first kappa shape index (κ1) is 32.8. The predicted molar refractivity (Wildman–Crippen MR) is 219 cm³/mol. The lowest BCUT2D eigenvalue weighted by Gasteiger charge is -2.63. The summed E-state index contributed by atoms with van der Waals surface area (Å²) in [7, 11) is 0. The van der Waals surface area contributed by atoms with E-state index in [2.05, 4.69) is 183 Å². The maximum Gasteiger partial charge on any atom is 0.0461 e. The summed E-state index contributed by atoms with van der Waals surface area (Å²) >= 11 is 0. The van der Waals surface area contributed by atoms with Crippen molar-refractivity contribution in [3.05, 3.63) is 179 Å². The van der Waals surface area contributed by atoms with Gasteiger partial charge in [0.2, 0.25) is 0 Å². The lowest BCUT2D eigenvalue weighted by atomic mass is 9.42. The molecule has 0 aliphatic heterocycles. The van der Waals surface area contributed by atoms with E-state index in [1.165, 1.54) is 94.9 Å². The van der Waals surface area contributed by atoms with Crippen molar-refractivity contribution in [2.45, 2.75) is 77.0 Å². The Hall–Kier alpha value is -5.08. The fourth-order valence-corrected chi connectivity index (χ4v) is 10.5. The summed E-state index contributed by atoms with van der Waals surface area (Å²) < 4.78 is 0. The van der Waals surface area contributed by atoms with Crippen LogP contribution in [0, 0.1) is 39.5 Å². The Balaban J connectivity index is 1.03. The highest BCUT2D eigenvalue weighted by Gasteiger charge is 2.58. The van der Waals surface area contributed by atoms with Crippen LogP contribution >= 0.6 is 0 Å². The van der Waals surface area contributed by atoms with Crippen LogP contribution in [0.25, 0.3) is 0 Å². The Kier molecular flexibility index (Phi) is 8.11. The molecule has 0 atom stereocenters. The van der Waals surface area contributed by atoms with Gasteiger partial charge in [0.25, 0.3) is 0 Å². The molecular weight excluding hydrogens is 629 g/mol. The van der Waals surface area contributed by atoms with Gasteiger partial charge in [-0.2, -0.15) is 0 Å². The summed E-state index contributed by atoms with van der Waals surface area (Å²) in [5.74, 6) is 1.60. The van der Waals surface area contributed by atoms with Crippen LogP contribution in [0.4, 0.5) is 34.1 Å². The molecule has 4 bridgehead atoms. The second-order valence-corrected chi connectivity index (χ2v) is 16.6. The molecule has 0 spiro atoms. The van der Waals surface area contributed by atoms with Crippen LogP contribution in [0.15, 0.2) is 146 Å². The molecule has 10 rings (SSSR count). The Morgan fingerprint density at radius 3 is 0.827 bits per heavy atom. The summed E-state index contributed by atoms with van der Waals surface area (Å²) in [6, 6.07) is 55.2. The van der Waals surface area contributed by atoms with Crippen molar-refractivity contribution in [1.82, 2.24) is 0 Å². The maximum atomic E-state index is 2.48. The van der Waals surface area contributed by atoms with Crippen LogP contribution in [0.2, 0.25) is 0 Å². The molecule has 6 aromatic carbocycles. The fourth-order valence-electron chi connectivity index (χ4n) is 10.5. The predicted octanol–water partition coefficient (Wildman–Crippen LogP) is 13.6. The van der Waals surface area contributed by atoms with Gasteiger partial charge in [-0.3, -0.25) is 0 Å². The molecule has 4 aliphatic carbocycles. The number of nitrogens with zero attached hydrogens (tertiary/aromatic N) is 2. The van der Waals surface area contributed by atoms with Crippen LogP contribution in [0.1, 0.15) is 71.9 Å². The minimum Gasteiger partial charge on any atom is -0.311 e. The molecule has 4 aliphatic rings. The molecular formula is C50H50N2. The molecule has 0 N–H and O–H groups in total. The van der Waals surface area contributed by atoms with Gasteiger partial charge in [-0.25, -0.2) is 0 Å². The quantitative estimate of drug-likeness (QED) is 0.158. The zero-order chi connectivity index (χ0) is 35.5. The third-order valence-corrected chi connectivity index (χ3v) is 12.7. The molecule has 4 fully saturated rings. The Bertz CT molecular complexity index is 1900. The molecule has 0 unspecified atom stereocenters. The standard InChI is InChI=1S/C50H50N2/c1-35-5-17-43(18-6-35)51(44-19-7-36(2)8-20-44)47-25-13-41(14-26-47)49-30-39-29-40(31-49)33-50(32-39,34-49)42-15-27-48(28-16-42)52(45-21-9-37(3)10-22-45)46-23-11-38(4)12-24-46/h5-28,39-40H,29-34H2,1-4H3. The molecule has 2 nitrogen and oxygen atoms in total. The van der Waals surface area contributed by atoms with Gasteiger partial charge >= 0.3 is 0 Å². The van der Waals surface area contributed by atoms with Crippen LogP contribution in [0.3, 0.4) is 0 Å².